The van der Waals surface area contributed by atoms with Crippen LogP contribution >= 0.6 is 0 Å². The first-order chi connectivity index (χ1) is 9.00. The van der Waals surface area contributed by atoms with Gasteiger partial charge in [0.25, 0.3) is 0 Å². The fourth-order valence-electron chi connectivity index (χ4n) is 2.07. The number of hydrogen-bond donors (Lipinski definition) is 3. The van der Waals surface area contributed by atoms with Gasteiger partial charge in [-0.3, -0.25) is 0 Å². The van der Waals surface area contributed by atoms with E-state index < -0.39 is 5.97 Å². The molecule has 0 aliphatic carbocycles. The highest BCUT2D eigenvalue weighted by molar-refractivity contribution is 5.86. The molecule has 1 fully saturated rings. The fourth-order valence-corrected chi connectivity index (χ4v) is 2.07. The summed E-state index contributed by atoms with van der Waals surface area (Å²) in [5, 5.41) is 12.1. The lowest BCUT2D eigenvalue weighted by Gasteiger charge is -2.33. The van der Waals surface area contributed by atoms with Gasteiger partial charge in [-0.05, 0) is 30.4 Å². The quantitative estimate of drug-likeness (QED) is 0.765. The number of hydrogen-bond acceptors (Lipinski definition) is 5. The zero-order valence-corrected chi connectivity index (χ0v) is 11.0. The second-order valence-electron chi connectivity index (χ2n) is 5.22. The number of carboxylic acid groups (broad SMARTS) is 1. The summed E-state index contributed by atoms with van der Waals surface area (Å²) >= 11 is 0. The van der Waals surface area contributed by atoms with Crippen LogP contribution in [0.25, 0.3) is 0 Å². The number of ether oxygens (including phenoxy) is 1. The standard InChI is InChI=1S/C13H19N3O3/c1-13(4-6-19-7-5-13)8-15-11-9(14)2-3-10(16-11)12(17)18/h2-3H,4-8,14H2,1H3,(H,15,16)(H,17,18). The highest BCUT2D eigenvalue weighted by atomic mass is 16.5. The zero-order chi connectivity index (χ0) is 13.9. The number of anilines is 2. The Morgan fingerprint density at radius 2 is 2.21 bits per heavy atom. The topological polar surface area (TPSA) is 97.5 Å². The number of nitrogens with two attached hydrogens (primary N) is 1. The zero-order valence-electron chi connectivity index (χ0n) is 11.0. The molecule has 6 heteroatoms. The smallest absolute Gasteiger partial charge is 0.354 e. The molecule has 0 bridgehead atoms. The molecule has 19 heavy (non-hydrogen) atoms. The molecule has 4 N–H and O–H groups in total. The van der Waals surface area contributed by atoms with Crippen LogP contribution in [-0.4, -0.2) is 35.8 Å². The van der Waals surface area contributed by atoms with Crippen LogP contribution in [0.2, 0.25) is 0 Å². The first kappa shape index (κ1) is 13.6. The fraction of sp³-hybridized carbons (Fsp3) is 0.538. The number of carbonyl (C=O) groups is 1. The molecule has 1 aliphatic rings. The van der Waals surface area contributed by atoms with Gasteiger partial charge in [0, 0.05) is 19.8 Å². The van der Waals surface area contributed by atoms with Crippen molar-refractivity contribution in [2.45, 2.75) is 19.8 Å². The van der Waals surface area contributed by atoms with Crippen molar-refractivity contribution in [3.8, 4) is 0 Å². The van der Waals surface area contributed by atoms with Crippen molar-refractivity contribution in [1.29, 1.82) is 0 Å². The Hall–Kier alpha value is -1.82. The summed E-state index contributed by atoms with van der Waals surface area (Å²) in [6.07, 6.45) is 1.94. The lowest BCUT2D eigenvalue weighted by molar-refractivity contribution is 0.0300. The van der Waals surface area contributed by atoms with E-state index in [0.29, 0.717) is 18.1 Å². The summed E-state index contributed by atoms with van der Waals surface area (Å²) in [6.45, 7) is 4.41. The second-order valence-corrected chi connectivity index (χ2v) is 5.22. The molecule has 0 aromatic carbocycles. The van der Waals surface area contributed by atoms with Crippen LogP contribution in [0, 0.1) is 5.41 Å². The van der Waals surface area contributed by atoms with Crippen molar-refractivity contribution in [1.82, 2.24) is 4.98 Å². The molecule has 2 heterocycles. The van der Waals surface area contributed by atoms with Crippen molar-refractivity contribution in [2.75, 3.05) is 30.8 Å². The molecule has 0 unspecified atom stereocenters. The van der Waals surface area contributed by atoms with Gasteiger partial charge in [-0.1, -0.05) is 6.92 Å². The highest BCUT2D eigenvalue weighted by Crippen LogP contribution is 2.30. The molecule has 6 nitrogen and oxygen atoms in total. The molecule has 0 atom stereocenters. The Balaban J connectivity index is 2.06. The Labute approximate surface area is 112 Å². The lowest BCUT2D eigenvalue weighted by atomic mass is 9.82. The van der Waals surface area contributed by atoms with Crippen LogP contribution in [0.4, 0.5) is 11.5 Å². The minimum absolute atomic E-state index is 0.00571. The molecule has 1 saturated heterocycles. The number of nitrogens with one attached hydrogen (secondary N) is 1. The van der Waals surface area contributed by atoms with Crippen molar-refractivity contribution in [3.63, 3.8) is 0 Å². The first-order valence-corrected chi connectivity index (χ1v) is 6.32. The van der Waals surface area contributed by atoms with E-state index in [4.69, 9.17) is 15.6 Å². The largest absolute Gasteiger partial charge is 0.477 e. The second kappa shape index (κ2) is 5.44. The van der Waals surface area contributed by atoms with E-state index >= 15 is 0 Å². The molecule has 0 saturated carbocycles. The van der Waals surface area contributed by atoms with E-state index in [0.717, 1.165) is 26.1 Å². The third-order valence-electron chi connectivity index (χ3n) is 3.53. The molecule has 0 spiro atoms. The Bertz CT molecular complexity index is 470. The van der Waals surface area contributed by atoms with Gasteiger partial charge in [0.05, 0.1) is 5.69 Å². The summed E-state index contributed by atoms with van der Waals surface area (Å²) in [4.78, 5) is 14.9. The maximum Gasteiger partial charge on any atom is 0.354 e. The van der Waals surface area contributed by atoms with E-state index in [-0.39, 0.29) is 11.1 Å². The Kier molecular flexibility index (Phi) is 3.90. The van der Waals surface area contributed by atoms with Gasteiger partial charge in [0.2, 0.25) is 0 Å². The number of aromatic nitrogens is 1. The minimum Gasteiger partial charge on any atom is -0.477 e. The van der Waals surface area contributed by atoms with E-state index in [1.807, 2.05) is 0 Å². The Morgan fingerprint density at radius 3 is 2.84 bits per heavy atom. The number of nitrogen functional groups attached to an aromatic ring is 1. The van der Waals surface area contributed by atoms with E-state index in [1.54, 1.807) is 6.07 Å². The van der Waals surface area contributed by atoms with Gasteiger partial charge >= 0.3 is 5.97 Å². The van der Waals surface area contributed by atoms with Crippen LogP contribution in [0.15, 0.2) is 12.1 Å². The van der Waals surface area contributed by atoms with Gasteiger partial charge in [-0.25, -0.2) is 9.78 Å². The number of pyridine rings is 1. The lowest BCUT2D eigenvalue weighted by Crippen LogP contribution is -2.33. The third kappa shape index (κ3) is 3.35. The monoisotopic (exact) mass is 265 g/mol. The summed E-state index contributed by atoms with van der Waals surface area (Å²) in [7, 11) is 0. The van der Waals surface area contributed by atoms with Crippen LogP contribution in [0.1, 0.15) is 30.3 Å². The molecule has 1 aromatic rings. The number of rotatable bonds is 4. The number of aromatic carboxylic acids is 1. The van der Waals surface area contributed by atoms with Crippen molar-refractivity contribution >= 4 is 17.5 Å². The normalized spacial score (nSPS) is 17.9. The summed E-state index contributed by atoms with van der Waals surface area (Å²) in [6, 6.07) is 2.96. The van der Waals surface area contributed by atoms with E-state index in [2.05, 4.69) is 17.2 Å². The van der Waals surface area contributed by atoms with Crippen LogP contribution in [-0.2, 0) is 4.74 Å². The average molecular weight is 265 g/mol. The summed E-state index contributed by atoms with van der Waals surface area (Å²) < 4.78 is 5.35. The maximum atomic E-state index is 10.9. The SMILES string of the molecule is CC1(CNc2nc(C(=O)O)ccc2N)CCOCC1. The van der Waals surface area contributed by atoms with Gasteiger partial charge in [-0.2, -0.15) is 0 Å². The number of nitrogens with zero attached hydrogens (tertiary/aromatic N) is 1. The van der Waals surface area contributed by atoms with Gasteiger partial charge < -0.3 is 20.9 Å². The van der Waals surface area contributed by atoms with Gasteiger partial charge in [-0.15, -0.1) is 0 Å². The minimum atomic E-state index is -1.06. The van der Waals surface area contributed by atoms with E-state index in [9.17, 15) is 4.79 Å². The average Bonchev–Trinajstić information content (AvgIpc) is 2.38. The molecule has 1 aromatic heterocycles. The molecule has 0 radical (unpaired) electrons. The number of carboxylic acids is 1. The van der Waals surface area contributed by atoms with Gasteiger partial charge in [0.1, 0.15) is 5.82 Å². The van der Waals surface area contributed by atoms with Crippen LogP contribution in [0.5, 0.6) is 0 Å². The molecule has 0 amide bonds. The van der Waals surface area contributed by atoms with Crippen LogP contribution < -0.4 is 11.1 Å². The Morgan fingerprint density at radius 1 is 1.53 bits per heavy atom. The molecular weight excluding hydrogens is 246 g/mol. The third-order valence-corrected chi connectivity index (χ3v) is 3.53. The van der Waals surface area contributed by atoms with Crippen LogP contribution in [0.3, 0.4) is 0 Å². The highest BCUT2D eigenvalue weighted by Gasteiger charge is 2.27. The maximum absolute atomic E-state index is 10.9. The molecule has 2 rings (SSSR count). The van der Waals surface area contributed by atoms with E-state index in [1.165, 1.54) is 6.07 Å². The molecular formula is C13H19N3O3. The predicted molar refractivity (Wildman–Crippen MR) is 72.3 cm³/mol. The van der Waals surface area contributed by atoms with Crippen molar-refractivity contribution in [2.24, 2.45) is 5.41 Å². The van der Waals surface area contributed by atoms with Crippen molar-refractivity contribution in [3.05, 3.63) is 17.8 Å². The molecule has 104 valence electrons. The summed E-state index contributed by atoms with van der Waals surface area (Å²) in [5.74, 6) is -0.618. The predicted octanol–water partition coefficient (Wildman–Crippen LogP) is 1.59. The summed E-state index contributed by atoms with van der Waals surface area (Å²) in [5.41, 5.74) is 6.39. The molecule has 1 aliphatic heterocycles. The van der Waals surface area contributed by atoms with Gasteiger partial charge in [0.15, 0.2) is 5.69 Å². The van der Waals surface area contributed by atoms with Crippen molar-refractivity contribution < 1.29 is 14.6 Å². The first-order valence-electron chi connectivity index (χ1n) is 6.32.